The van der Waals surface area contributed by atoms with Crippen molar-refractivity contribution in [3.63, 3.8) is 0 Å². The summed E-state index contributed by atoms with van der Waals surface area (Å²) in [5, 5.41) is 0. The largest absolute Gasteiger partial charge is 0.494 e. The summed E-state index contributed by atoms with van der Waals surface area (Å²) >= 11 is 0. The molecular weight excluding hydrogens is 166 g/mol. The lowest BCUT2D eigenvalue weighted by Crippen LogP contribution is -2.12. The third-order valence-corrected chi connectivity index (χ3v) is 1.52. The number of para-hydroxylation sites is 1. The SMILES string of the molecule is CCOc1ccccc1[CH]C(N)=O. The molecule has 3 heteroatoms. The van der Waals surface area contributed by atoms with E-state index in [9.17, 15) is 4.79 Å². The standard InChI is InChI=1S/C10H12NO2/c1-2-13-9-6-4-3-5-8(9)7-10(11)12/h3-7H,2H2,1H3,(H2,11,12). The van der Waals surface area contributed by atoms with Crippen molar-refractivity contribution in [2.75, 3.05) is 6.61 Å². The Balaban J connectivity index is 2.84. The molecule has 0 spiro atoms. The molecule has 1 aromatic rings. The minimum atomic E-state index is -0.466. The Morgan fingerprint density at radius 3 is 2.85 bits per heavy atom. The van der Waals surface area contributed by atoms with Crippen LogP contribution in [0.5, 0.6) is 5.75 Å². The first kappa shape index (κ1) is 9.58. The molecule has 3 nitrogen and oxygen atoms in total. The summed E-state index contributed by atoms with van der Waals surface area (Å²) in [6.45, 7) is 2.46. The highest BCUT2D eigenvalue weighted by Gasteiger charge is 2.05. The summed E-state index contributed by atoms with van der Waals surface area (Å²) in [7, 11) is 0. The fourth-order valence-corrected chi connectivity index (χ4v) is 1.04. The first-order valence-electron chi connectivity index (χ1n) is 4.10. The van der Waals surface area contributed by atoms with Crippen LogP contribution in [0.2, 0.25) is 0 Å². The molecule has 0 saturated heterocycles. The Hall–Kier alpha value is -1.51. The number of carbonyl (C=O) groups is 1. The van der Waals surface area contributed by atoms with Gasteiger partial charge in [0.15, 0.2) is 0 Å². The van der Waals surface area contributed by atoms with Gasteiger partial charge in [0.1, 0.15) is 5.75 Å². The zero-order valence-corrected chi connectivity index (χ0v) is 7.49. The van der Waals surface area contributed by atoms with Gasteiger partial charge in [0.25, 0.3) is 0 Å². The van der Waals surface area contributed by atoms with E-state index in [0.717, 1.165) is 5.56 Å². The average molecular weight is 178 g/mol. The van der Waals surface area contributed by atoms with Crippen molar-refractivity contribution < 1.29 is 9.53 Å². The van der Waals surface area contributed by atoms with E-state index in [1.165, 1.54) is 6.42 Å². The highest BCUT2D eigenvalue weighted by atomic mass is 16.5. The third-order valence-electron chi connectivity index (χ3n) is 1.52. The maximum Gasteiger partial charge on any atom is 0.226 e. The molecule has 1 aromatic carbocycles. The number of benzene rings is 1. The van der Waals surface area contributed by atoms with Crippen LogP contribution in [-0.2, 0) is 4.79 Å². The lowest BCUT2D eigenvalue weighted by Gasteiger charge is -2.07. The van der Waals surface area contributed by atoms with Gasteiger partial charge in [-0.05, 0) is 13.0 Å². The van der Waals surface area contributed by atoms with Crippen LogP contribution >= 0.6 is 0 Å². The van der Waals surface area contributed by atoms with Gasteiger partial charge in [0, 0.05) is 5.56 Å². The van der Waals surface area contributed by atoms with Crippen molar-refractivity contribution in [2.45, 2.75) is 6.92 Å². The van der Waals surface area contributed by atoms with Crippen LogP contribution in [0.15, 0.2) is 24.3 Å². The molecule has 0 unspecified atom stereocenters. The zero-order chi connectivity index (χ0) is 9.68. The van der Waals surface area contributed by atoms with E-state index in [1.807, 2.05) is 19.1 Å². The van der Waals surface area contributed by atoms with E-state index in [1.54, 1.807) is 12.1 Å². The van der Waals surface area contributed by atoms with Gasteiger partial charge in [0.2, 0.25) is 5.91 Å². The highest BCUT2D eigenvalue weighted by molar-refractivity contribution is 5.87. The summed E-state index contributed by atoms with van der Waals surface area (Å²) in [5.41, 5.74) is 5.76. The van der Waals surface area contributed by atoms with Crippen LogP contribution < -0.4 is 10.5 Å². The fraction of sp³-hybridized carbons (Fsp3) is 0.200. The molecule has 0 aliphatic heterocycles. The maximum absolute atomic E-state index is 10.6. The van der Waals surface area contributed by atoms with Gasteiger partial charge in [-0.25, -0.2) is 0 Å². The summed E-state index contributed by atoms with van der Waals surface area (Å²) < 4.78 is 5.30. The Labute approximate surface area is 77.5 Å². The molecule has 1 amide bonds. The Morgan fingerprint density at radius 2 is 2.23 bits per heavy atom. The number of nitrogens with two attached hydrogens (primary N) is 1. The van der Waals surface area contributed by atoms with Crippen LogP contribution in [-0.4, -0.2) is 12.5 Å². The smallest absolute Gasteiger partial charge is 0.226 e. The molecule has 2 N–H and O–H groups in total. The molecule has 0 aliphatic carbocycles. The first-order chi connectivity index (χ1) is 6.24. The Bertz CT molecular complexity index is 297. The fourth-order valence-electron chi connectivity index (χ4n) is 1.04. The van der Waals surface area contributed by atoms with Crippen LogP contribution in [0.3, 0.4) is 0 Å². The number of primary amides is 1. The topological polar surface area (TPSA) is 52.3 Å². The Morgan fingerprint density at radius 1 is 1.54 bits per heavy atom. The molecule has 0 atom stereocenters. The summed E-state index contributed by atoms with van der Waals surface area (Å²) in [4.78, 5) is 10.6. The van der Waals surface area contributed by atoms with Crippen molar-refractivity contribution in [1.29, 1.82) is 0 Å². The van der Waals surface area contributed by atoms with Gasteiger partial charge >= 0.3 is 0 Å². The lowest BCUT2D eigenvalue weighted by molar-refractivity contribution is -0.114. The highest BCUT2D eigenvalue weighted by Crippen LogP contribution is 2.18. The molecule has 0 heterocycles. The monoisotopic (exact) mass is 178 g/mol. The maximum atomic E-state index is 10.6. The van der Waals surface area contributed by atoms with E-state index in [0.29, 0.717) is 12.4 Å². The third kappa shape index (κ3) is 2.78. The molecule has 1 rings (SSSR count). The van der Waals surface area contributed by atoms with E-state index >= 15 is 0 Å². The molecule has 0 saturated carbocycles. The van der Waals surface area contributed by atoms with Crippen molar-refractivity contribution in [2.24, 2.45) is 5.73 Å². The van der Waals surface area contributed by atoms with Gasteiger partial charge < -0.3 is 10.5 Å². The number of hydrogen-bond donors (Lipinski definition) is 1. The summed E-state index contributed by atoms with van der Waals surface area (Å²) in [6.07, 6.45) is 1.35. The quantitative estimate of drug-likeness (QED) is 0.751. The van der Waals surface area contributed by atoms with E-state index in [2.05, 4.69) is 0 Å². The molecule has 13 heavy (non-hydrogen) atoms. The van der Waals surface area contributed by atoms with Crippen molar-refractivity contribution in [3.8, 4) is 5.75 Å². The van der Waals surface area contributed by atoms with E-state index in [4.69, 9.17) is 10.5 Å². The summed E-state index contributed by atoms with van der Waals surface area (Å²) in [6, 6.07) is 7.27. The normalized spacial score (nSPS) is 9.62. The summed E-state index contributed by atoms with van der Waals surface area (Å²) in [5.74, 6) is 0.218. The molecule has 0 bridgehead atoms. The number of hydrogen-bond acceptors (Lipinski definition) is 2. The van der Waals surface area contributed by atoms with Crippen LogP contribution in [0, 0.1) is 6.42 Å². The van der Waals surface area contributed by atoms with Gasteiger partial charge in [-0.2, -0.15) is 0 Å². The zero-order valence-electron chi connectivity index (χ0n) is 7.49. The van der Waals surface area contributed by atoms with Crippen molar-refractivity contribution in [3.05, 3.63) is 36.2 Å². The van der Waals surface area contributed by atoms with Gasteiger partial charge in [-0.15, -0.1) is 0 Å². The molecule has 1 radical (unpaired) electrons. The molecule has 0 fully saturated rings. The lowest BCUT2D eigenvalue weighted by atomic mass is 10.1. The number of rotatable bonds is 4. The van der Waals surface area contributed by atoms with Gasteiger partial charge in [-0.3, -0.25) is 4.79 Å². The van der Waals surface area contributed by atoms with Crippen LogP contribution in [0.25, 0.3) is 0 Å². The second-order valence-electron chi connectivity index (χ2n) is 2.52. The Kier molecular flexibility index (Phi) is 3.31. The number of amides is 1. The first-order valence-corrected chi connectivity index (χ1v) is 4.10. The molecule has 69 valence electrons. The average Bonchev–Trinajstić information content (AvgIpc) is 2.08. The van der Waals surface area contributed by atoms with Crippen LogP contribution in [0.1, 0.15) is 12.5 Å². The number of ether oxygens (including phenoxy) is 1. The van der Waals surface area contributed by atoms with Gasteiger partial charge in [0.05, 0.1) is 13.0 Å². The minimum absolute atomic E-state index is 0.466. The number of carbonyl (C=O) groups excluding carboxylic acids is 1. The van der Waals surface area contributed by atoms with Crippen molar-refractivity contribution in [1.82, 2.24) is 0 Å². The molecule has 0 aromatic heterocycles. The minimum Gasteiger partial charge on any atom is -0.494 e. The predicted molar refractivity (Wildman–Crippen MR) is 50.2 cm³/mol. The van der Waals surface area contributed by atoms with E-state index in [-0.39, 0.29) is 0 Å². The predicted octanol–water partition coefficient (Wildman–Crippen LogP) is 1.12. The molecule has 0 aliphatic rings. The van der Waals surface area contributed by atoms with E-state index < -0.39 is 5.91 Å². The van der Waals surface area contributed by atoms with Crippen molar-refractivity contribution >= 4 is 5.91 Å². The van der Waals surface area contributed by atoms with Crippen LogP contribution in [0.4, 0.5) is 0 Å². The second kappa shape index (κ2) is 4.50. The van der Waals surface area contributed by atoms with Gasteiger partial charge in [-0.1, -0.05) is 18.2 Å². The second-order valence-corrected chi connectivity index (χ2v) is 2.52. The molecular formula is C10H12NO2.